The Morgan fingerprint density at radius 1 is 1.44 bits per heavy atom. The van der Waals surface area contributed by atoms with Gasteiger partial charge in [0.25, 0.3) is 0 Å². The number of oxime groups is 1. The summed E-state index contributed by atoms with van der Waals surface area (Å²) in [5.74, 6) is -0.120. The summed E-state index contributed by atoms with van der Waals surface area (Å²) in [6.07, 6.45) is 0. The molecule has 100 valence electrons. The Hall–Kier alpha value is -1.62. The second-order valence-electron chi connectivity index (χ2n) is 4.56. The van der Waals surface area contributed by atoms with Gasteiger partial charge in [-0.3, -0.25) is 4.90 Å². The minimum atomic E-state index is -0.215. The molecule has 0 aromatic heterocycles. The molecular weight excluding hydrogens is 233 g/mol. The number of halogens is 1. The van der Waals surface area contributed by atoms with Gasteiger partial charge < -0.3 is 10.9 Å². The summed E-state index contributed by atoms with van der Waals surface area (Å²) in [4.78, 5) is 1.97. The van der Waals surface area contributed by atoms with Crippen LogP contribution in [0.1, 0.15) is 25.5 Å². The van der Waals surface area contributed by atoms with E-state index in [1.54, 1.807) is 12.1 Å². The number of nitrogens with two attached hydrogens (primary N) is 1. The Labute approximate surface area is 107 Å². The first-order valence-electron chi connectivity index (χ1n) is 5.89. The third kappa shape index (κ3) is 3.43. The fourth-order valence-corrected chi connectivity index (χ4v) is 1.83. The quantitative estimate of drug-likeness (QED) is 0.366. The van der Waals surface area contributed by atoms with E-state index in [2.05, 4.69) is 5.16 Å². The van der Waals surface area contributed by atoms with E-state index in [1.807, 2.05) is 31.9 Å². The molecule has 0 spiro atoms. The van der Waals surface area contributed by atoms with Gasteiger partial charge in [0.05, 0.1) is 0 Å². The average Bonchev–Trinajstić information content (AvgIpc) is 2.37. The van der Waals surface area contributed by atoms with Gasteiger partial charge in [0.15, 0.2) is 0 Å². The van der Waals surface area contributed by atoms with Gasteiger partial charge in [0.1, 0.15) is 11.7 Å². The Morgan fingerprint density at radius 2 is 2.06 bits per heavy atom. The molecule has 0 heterocycles. The van der Waals surface area contributed by atoms with Crippen molar-refractivity contribution < 1.29 is 9.60 Å². The largest absolute Gasteiger partial charge is 0.409 e. The minimum Gasteiger partial charge on any atom is -0.409 e. The normalized spacial score (nSPS) is 15.7. The summed E-state index contributed by atoms with van der Waals surface area (Å²) >= 11 is 0. The lowest BCUT2D eigenvalue weighted by atomic mass is 10.0. The second-order valence-corrected chi connectivity index (χ2v) is 4.56. The van der Waals surface area contributed by atoms with Gasteiger partial charge in [-0.05, 0) is 20.0 Å². The number of hydrogen-bond acceptors (Lipinski definition) is 3. The van der Waals surface area contributed by atoms with E-state index in [9.17, 15) is 4.39 Å². The number of benzene rings is 1. The standard InChI is InChI=1S/C13H20FN3O/c1-9(13(15)16-18)8-17(3)10(2)11-6-4-5-7-12(11)14/h4-7,9-10,18H,8H2,1-3H3,(H2,15,16). The van der Waals surface area contributed by atoms with E-state index in [1.165, 1.54) is 6.07 Å². The van der Waals surface area contributed by atoms with E-state index < -0.39 is 0 Å². The fraction of sp³-hybridized carbons (Fsp3) is 0.462. The van der Waals surface area contributed by atoms with E-state index in [0.717, 1.165) is 0 Å². The van der Waals surface area contributed by atoms with Crippen LogP contribution in [0.4, 0.5) is 4.39 Å². The molecule has 0 aliphatic rings. The van der Waals surface area contributed by atoms with Gasteiger partial charge in [-0.25, -0.2) is 4.39 Å². The monoisotopic (exact) mass is 253 g/mol. The van der Waals surface area contributed by atoms with Crippen molar-refractivity contribution in [1.29, 1.82) is 0 Å². The molecule has 2 atom stereocenters. The third-order valence-corrected chi connectivity index (χ3v) is 3.20. The highest BCUT2D eigenvalue weighted by atomic mass is 19.1. The highest BCUT2D eigenvalue weighted by Crippen LogP contribution is 2.22. The van der Waals surface area contributed by atoms with Crippen molar-refractivity contribution in [2.75, 3.05) is 13.6 Å². The lowest BCUT2D eigenvalue weighted by Gasteiger charge is -2.27. The van der Waals surface area contributed by atoms with Crippen molar-refractivity contribution in [2.24, 2.45) is 16.8 Å². The average molecular weight is 253 g/mol. The first kappa shape index (κ1) is 14.4. The van der Waals surface area contributed by atoms with Crippen LogP contribution in [-0.4, -0.2) is 29.5 Å². The molecule has 0 aliphatic carbocycles. The lowest BCUT2D eigenvalue weighted by Crippen LogP contribution is -2.34. The SMILES string of the molecule is CC(CN(C)C(C)c1ccccc1F)C(N)=NO. The maximum Gasteiger partial charge on any atom is 0.143 e. The summed E-state index contributed by atoms with van der Waals surface area (Å²) in [6.45, 7) is 4.38. The molecule has 2 unspecified atom stereocenters. The summed E-state index contributed by atoms with van der Waals surface area (Å²) in [7, 11) is 1.89. The zero-order valence-corrected chi connectivity index (χ0v) is 11.0. The summed E-state index contributed by atoms with van der Waals surface area (Å²) in [6, 6.07) is 6.64. The van der Waals surface area contributed by atoms with E-state index in [4.69, 9.17) is 10.9 Å². The molecule has 0 radical (unpaired) electrons. The molecule has 1 aromatic rings. The predicted molar refractivity (Wildman–Crippen MR) is 70.0 cm³/mol. The third-order valence-electron chi connectivity index (χ3n) is 3.20. The van der Waals surface area contributed by atoms with Gasteiger partial charge in [-0.15, -0.1) is 0 Å². The van der Waals surface area contributed by atoms with Crippen molar-refractivity contribution in [3.05, 3.63) is 35.6 Å². The summed E-state index contributed by atoms with van der Waals surface area (Å²) in [5.41, 5.74) is 6.18. The molecule has 0 saturated carbocycles. The van der Waals surface area contributed by atoms with Crippen LogP contribution in [0.5, 0.6) is 0 Å². The fourth-order valence-electron chi connectivity index (χ4n) is 1.83. The van der Waals surface area contributed by atoms with Crippen LogP contribution in [0.3, 0.4) is 0 Å². The first-order chi connectivity index (χ1) is 8.47. The van der Waals surface area contributed by atoms with Gasteiger partial charge in [-0.1, -0.05) is 30.3 Å². The van der Waals surface area contributed by atoms with E-state index >= 15 is 0 Å². The van der Waals surface area contributed by atoms with Gasteiger partial charge >= 0.3 is 0 Å². The van der Waals surface area contributed by atoms with Crippen molar-refractivity contribution >= 4 is 5.84 Å². The first-order valence-corrected chi connectivity index (χ1v) is 5.89. The molecule has 1 aromatic carbocycles. The maximum atomic E-state index is 13.6. The molecule has 5 heteroatoms. The van der Waals surface area contributed by atoms with Crippen LogP contribution in [-0.2, 0) is 0 Å². The van der Waals surface area contributed by atoms with Crippen molar-refractivity contribution in [3.8, 4) is 0 Å². The van der Waals surface area contributed by atoms with Crippen LogP contribution >= 0.6 is 0 Å². The molecule has 0 saturated heterocycles. The number of amidine groups is 1. The summed E-state index contributed by atoms with van der Waals surface area (Å²) in [5, 5.41) is 11.6. The van der Waals surface area contributed by atoms with Crippen LogP contribution in [0.2, 0.25) is 0 Å². The molecule has 18 heavy (non-hydrogen) atoms. The van der Waals surface area contributed by atoms with E-state index in [-0.39, 0.29) is 23.6 Å². The van der Waals surface area contributed by atoms with Crippen LogP contribution in [0.15, 0.2) is 29.4 Å². The topological polar surface area (TPSA) is 61.8 Å². The number of nitrogens with zero attached hydrogens (tertiary/aromatic N) is 2. The molecule has 0 fully saturated rings. The number of hydrogen-bond donors (Lipinski definition) is 2. The Balaban J connectivity index is 2.73. The predicted octanol–water partition coefficient (Wildman–Crippen LogP) is 2.20. The molecule has 0 amide bonds. The van der Waals surface area contributed by atoms with Crippen molar-refractivity contribution in [1.82, 2.24) is 4.90 Å². The molecule has 0 bridgehead atoms. The Morgan fingerprint density at radius 3 is 2.61 bits per heavy atom. The minimum absolute atomic E-state index is 0.0693. The molecule has 0 aliphatic heterocycles. The van der Waals surface area contributed by atoms with Gasteiger partial charge in [0, 0.05) is 24.1 Å². The molecule has 1 rings (SSSR count). The number of rotatable bonds is 5. The van der Waals surface area contributed by atoms with Crippen molar-refractivity contribution in [2.45, 2.75) is 19.9 Å². The molecule has 3 N–H and O–H groups in total. The Kier molecular flexibility index (Phi) is 5.09. The highest BCUT2D eigenvalue weighted by molar-refractivity contribution is 5.82. The van der Waals surface area contributed by atoms with Crippen molar-refractivity contribution in [3.63, 3.8) is 0 Å². The lowest BCUT2D eigenvalue weighted by molar-refractivity contribution is 0.238. The zero-order chi connectivity index (χ0) is 13.7. The Bertz CT molecular complexity index is 422. The van der Waals surface area contributed by atoms with Crippen LogP contribution in [0, 0.1) is 11.7 Å². The maximum absolute atomic E-state index is 13.6. The van der Waals surface area contributed by atoms with E-state index in [0.29, 0.717) is 12.1 Å². The second kappa shape index (κ2) is 6.35. The highest BCUT2D eigenvalue weighted by Gasteiger charge is 2.18. The van der Waals surface area contributed by atoms with Gasteiger partial charge in [0.2, 0.25) is 0 Å². The van der Waals surface area contributed by atoms with Gasteiger partial charge in [-0.2, -0.15) is 0 Å². The van der Waals surface area contributed by atoms with Crippen LogP contribution in [0.25, 0.3) is 0 Å². The molecule has 4 nitrogen and oxygen atoms in total. The zero-order valence-electron chi connectivity index (χ0n) is 11.0. The molecular formula is C13H20FN3O. The van der Waals surface area contributed by atoms with Crippen LogP contribution < -0.4 is 5.73 Å². The smallest absolute Gasteiger partial charge is 0.143 e. The summed E-state index contributed by atoms with van der Waals surface area (Å²) < 4.78 is 13.6.